The molecule has 2 fully saturated rings. The molecular weight excluding hydrogens is 382 g/mol. The number of nitrogens with zero attached hydrogens (tertiary/aromatic N) is 3. The van der Waals surface area contributed by atoms with Crippen LogP contribution < -0.4 is 4.74 Å². The van der Waals surface area contributed by atoms with E-state index in [1.165, 1.54) is 25.3 Å². The molecule has 4 rings (SSSR count). The molecule has 1 saturated carbocycles. The van der Waals surface area contributed by atoms with Crippen LogP contribution in [0.3, 0.4) is 0 Å². The van der Waals surface area contributed by atoms with E-state index < -0.39 is 29.3 Å². The molecule has 2 amide bonds. The zero-order valence-electron chi connectivity index (χ0n) is 15.4. The number of carbonyl (C=O) groups is 3. The van der Waals surface area contributed by atoms with Gasteiger partial charge in [0, 0.05) is 17.7 Å². The number of benzene rings is 1. The van der Waals surface area contributed by atoms with Crippen LogP contribution in [0.25, 0.3) is 0 Å². The van der Waals surface area contributed by atoms with Gasteiger partial charge >= 0.3 is 5.97 Å². The number of nitro groups is 1. The van der Waals surface area contributed by atoms with Crippen LogP contribution in [0.5, 0.6) is 5.75 Å². The molecule has 1 saturated heterocycles. The zero-order valence-corrected chi connectivity index (χ0v) is 15.4. The molecule has 0 radical (unpaired) electrons. The molecule has 1 aromatic rings. The Balaban J connectivity index is 1.59. The number of allylic oxidation sites excluding steroid dienone is 2. The van der Waals surface area contributed by atoms with Gasteiger partial charge in [-0.3, -0.25) is 19.7 Å². The standard InChI is InChI=1S/C19H17N3O7/c1-28-15(23)9-29-14-5-4-13(22(26)27)7-12(14)8-20-21-18(24)16-10-2-3-11(6-10)17(16)19(21)25/h2-5,7-8,10-11,16-17H,6,9H2,1H3/t10-,11-,16-,17+/m0/s1. The second-order valence-corrected chi connectivity index (χ2v) is 7.08. The maximum absolute atomic E-state index is 12.7. The molecular formula is C19H17N3O7. The summed E-state index contributed by atoms with van der Waals surface area (Å²) in [7, 11) is 1.20. The van der Waals surface area contributed by atoms with Crippen LogP contribution in [0, 0.1) is 33.8 Å². The highest BCUT2D eigenvalue weighted by Crippen LogP contribution is 2.52. The lowest BCUT2D eigenvalue weighted by Crippen LogP contribution is -2.28. The molecule has 1 aliphatic heterocycles. The van der Waals surface area contributed by atoms with E-state index in [1.54, 1.807) is 0 Å². The van der Waals surface area contributed by atoms with E-state index >= 15 is 0 Å². The van der Waals surface area contributed by atoms with E-state index in [0.29, 0.717) is 0 Å². The number of nitro benzene ring substituents is 1. The topological polar surface area (TPSA) is 128 Å². The summed E-state index contributed by atoms with van der Waals surface area (Å²) in [5.41, 5.74) is -0.0723. The van der Waals surface area contributed by atoms with Crippen molar-refractivity contribution in [3.05, 3.63) is 46.0 Å². The lowest BCUT2D eigenvalue weighted by Gasteiger charge is -2.13. The van der Waals surface area contributed by atoms with Gasteiger partial charge in [-0.05, 0) is 24.3 Å². The Morgan fingerprint density at radius 2 is 1.93 bits per heavy atom. The first-order valence-electron chi connectivity index (χ1n) is 8.99. The maximum atomic E-state index is 12.7. The summed E-state index contributed by atoms with van der Waals surface area (Å²) in [6, 6.07) is 3.71. The largest absolute Gasteiger partial charge is 0.481 e. The summed E-state index contributed by atoms with van der Waals surface area (Å²) in [5, 5.41) is 15.9. The normalized spacial score (nSPS) is 27.0. The molecule has 10 heteroatoms. The van der Waals surface area contributed by atoms with Gasteiger partial charge in [0.25, 0.3) is 17.5 Å². The average molecular weight is 399 g/mol. The van der Waals surface area contributed by atoms with Crippen molar-refractivity contribution in [1.29, 1.82) is 0 Å². The van der Waals surface area contributed by atoms with Crippen molar-refractivity contribution in [3.63, 3.8) is 0 Å². The van der Waals surface area contributed by atoms with Crippen LogP contribution >= 0.6 is 0 Å². The van der Waals surface area contributed by atoms with E-state index in [-0.39, 0.29) is 40.7 Å². The summed E-state index contributed by atoms with van der Waals surface area (Å²) >= 11 is 0. The first-order chi connectivity index (χ1) is 13.9. The number of ether oxygens (including phenoxy) is 2. The molecule has 150 valence electrons. The van der Waals surface area contributed by atoms with Crippen molar-refractivity contribution in [3.8, 4) is 5.75 Å². The van der Waals surface area contributed by atoms with Crippen LogP contribution in [-0.4, -0.2) is 47.6 Å². The van der Waals surface area contributed by atoms with Crippen molar-refractivity contribution < 1.29 is 28.8 Å². The van der Waals surface area contributed by atoms with E-state index in [0.717, 1.165) is 17.6 Å². The monoisotopic (exact) mass is 399 g/mol. The fourth-order valence-electron chi connectivity index (χ4n) is 4.20. The van der Waals surface area contributed by atoms with Gasteiger partial charge in [0.05, 0.1) is 30.1 Å². The first kappa shape index (κ1) is 18.8. The van der Waals surface area contributed by atoms with Crippen molar-refractivity contribution in [2.75, 3.05) is 13.7 Å². The lowest BCUT2D eigenvalue weighted by molar-refractivity contribution is -0.384. The second kappa shape index (κ2) is 7.12. The minimum Gasteiger partial charge on any atom is -0.481 e. The number of carbonyl (C=O) groups excluding carboxylic acids is 3. The summed E-state index contributed by atoms with van der Waals surface area (Å²) in [4.78, 5) is 47.1. The number of imide groups is 1. The Kier molecular flexibility index (Phi) is 4.61. The predicted molar refractivity (Wildman–Crippen MR) is 97.8 cm³/mol. The molecule has 1 aromatic carbocycles. The zero-order chi connectivity index (χ0) is 20.7. The van der Waals surface area contributed by atoms with E-state index in [2.05, 4.69) is 9.84 Å². The number of hydrogen-bond donors (Lipinski definition) is 0. The SMILES string of the molecule is COC(=O)COc1ccc([N+](=O)[O-])cc1C=NN1C(=O)[C@@H]2[C@H](C1=O)[C@H]1C=C[C@H]2C1. The lowest BCUT2D eigenvalue weighted by atomic mass is 9.85. The Bertz CT molecular complexity index is 941. The quantitative estimate of drug-likeness (QED) is 0.176. The molecule has 0 N–H and O–H groups in total. The minimum absolute atomic E-state index is 0.0541. The Morgan fingerprint density at radius 3 is 2.52 bits per heavy atom. The summed E-state index contributed by atoms with van der Waals surface area (Å²) < 4.78 is 9.83. The third-order valence-corrected chi connectivity index (χ3v) is 5.54. The molecule has 0 spiro atoms. The number of hydrazone groups is 1. The number of fused-ring (bicyclic) bond motifs is 5. The Hall–Kier alpha value is -3.56. The number of methoxy groups -OCH3 is 1. The summed E-state index contributed by atoms with van der Waals surface area (Å²) in [6.07, 6.45) is 5.92. The van der Waals surface area contributed by atoms with Crippen molar-refractivity contribution in [2.45, 2.75) is 6.42 Å². The average Bonchev–Trinajstić information content (AvgIpc) is 3.39. The molecule has 10 nitrogen and oxygen atoms in total. The van der Waals surface area contributed by atoms with Crippen LogP contribution in [0.4, 0.5) is 5.69 Å². The highest BCUT2D eigenvalue weighted by atomic mass is 16.6. The van der Waals surface area contributed by atoms with Crippen LogP contribution in [0.15, 0.2) is 35.5 Å². The van der Waals surface area contributed by atoms with Gasteiger partial charge in [0.2, 0.25) is 0 Å². The molecule has 0 unspecified atom stereocenters. The van der Waals surface area contributed by atoms with Crippen LogP contribution in [0.2, 0.25) is 0 Å². The van der Waals surface area contributed by atoms with E-state index in [9.17, 15) is 24.5 Å². The third-order valence-electron chi connectivity index (χ3n) is 5.54. The van der Waals surface area contributed by atoms with E-state index in [4.69, 9.17) is 4.74 Å². The highest BCUT2D eigenvalue weighted by molar-refractivity contribution is 6.07. The highest BCUT2D eigenvalue weighted by Gasteiger charge is 2.59. The second-order valence-electron chi connectivity index (χ2n) is 7.08. The van der Waals surface area contributed by atoms with Crippen molar-refractivity contribution in [1.82, 2.24) is 5.01 Å². The van der Waals surface area contributed by atoms with E-state index in [1.807, 2.05) is 12.2 Å². The minimum atomic E-state index is -0.632. The summed E-state index contributed by atoms with van der Waals surface area (Å²) in [6.45, 7) is -0.407. The molecule has 2 aliphatic carbocycles. The predicted octanol–water partition coefficient (Wildman–Crippen LogP) is 1.29. The summed E-state index contributed by atoms with van der Waals surface area (Å²) in [5.74, 6) is -1.91. The number of hydrogen-bond acceptors (Lipinski definition) is 8. The smallest absolute Gasteiger partial charge is 0.343 e. The van der Waals surface area contributed by atoms with Crippen LogP contribution in [-0.2, 0) is 19.1 Å². The Morgan fingerprint density at radius 1 is 1.28 bits per heavy atom. The molecule has 2 bridgehead atoms. The fourth-order valence-corrected chi connectivity index (χ4v) is 4.20. The number of amides is 2. The molecule has 0 aromatic heterocycles. The van der Waals surface area contributed by atoms with Gasteiger partial charge < -0.3 is 9.47 Å². The van der Waals surface area contributed by atoms with Gasteiger partial charge in [-0.2, -0.15) is 10.1 Å². The van der Waals surface area contributed by atoms with Crippen molar-refractivity contribution >= 4 is 29.7 Å². The van der Waals surface area contributed by atoms with Gasteiger partial charge in [-0.25, -0.2) is 4.79 Å². The number of esters is 1. The van der Waals surface area contributed by atoms with Gasteiger partial charge in [-0.1, -0.05) is 12.2 Å². The third kappa shape index (κ3) is 3.16. The van der Waals surface area contributed by atoms with Gasteiger partial charge in [-0.15, -0.1) is 0 Å². The first-order valence-corrected chi connectivity index (χ1v) is 8.99. The Labute approximate surface area is 164 Å². The number of rotatable bonds is 6. The molecule has 1 heterocycles. The van der Waals surface area contributed by atoms with Crippen molar-refractivity contribution in [2.24, 2.45) is 28.8 Å². The van der Waals surface area contributed by atoms with Crippen LogP contribution in [0.1, 0.15) is 12.0 Å². The van der Waals surface area contributed by atoms with Gasteiger partial charge in [0.15, 0.2) is 6.61 Å². The van der Waals surface area contributed by atoms with Gasteiger partial charge in [0.1, 0.15) is 5.75 Å². The molecule has 4 atom stereocenters. The number of non-ortho nitro benzene ring substituents is 1. The maximum Gasteiger partial charge on any atom is 0.343 e. The molecule has 3 aliphatic rings. The fraction of sp³-hybridized carbons (Fsp3) is 0.368. The molecule has 29 heavy (non-hydrogen) atoms.